The van der Waals surface area contributed by atoms with Crippen LogP contribution in [0.4, 0.5) is 0 Å². The second-order valence-corrected chi connectivity index (χ2v) is 10.6. The van der Waals surface area contributed by atoms with Crippen LogP contribution in [0.15, 0.2) is 0 Å². The Kier molecular flexibility index (Phi) is 32.0. The third kappa shape index (κ3) is 37.7. The van der Waals surface area contributed by atoms with Gasteiger partial charge in [-0.1, -0.05) is 104 Å². The summed E-state index contributed by atoms with van der Waals surface area (Å²) in [4.78, 5) is 32.9. The molecule has 0 aromatic carbocycles. The molecule has 0 N–H and O–H groups in total. The molecule has 0 rings (SSSR count). The number of hydrogen-bond donors (Lipinski definition) is 0. The molecule has 0 unspecified atom stereocenters. The summed E-state index contributed by atoms with van der Waals surface area (Å²) < 4.78 is 10.6. The molecule has 208 valence electrons. The second kappa shape index (κ2) is 31.0. The third-order valence-electron chi connectivity index (χ3n) is 5.42. The molecule has 0 aromatic heterocycles. The first-order valence-corrected chi connectivity index (χ1v) is 15.5. The quantitative estimate of drug-likeness (QED) is 0.0946. The van der Waals surface area contributed by atoms with Gasteiger partial charge < -0.3 is 14.3 Å². The highest BCUT2D eigenvalue weighted by Gasteiger charge is 2.05. The van der Waals surface area contributed by atoms with Crippen LogP contribution in [0.2, 0.25) is 0 Å². The number of unbranched alkanes of at least 4 members (excludes halogenated alkanes) is 14. The molecular formula is C29H56O5S. The zero-order valence-electron chi connectivity index (χ0n) is 23.5. The normalized spacial score (nSPS) is 10.4. The van der Waals surface area contributed by atoms with Crippen LogP contribution < -0.4 is 0 Å². The Bertz CT molecular complexity index is 442. The van der Waals surface area contributed by atoms with E-state index in [1.165, 1.54) is 90.9 Å². The maximum Gasteiger partial charge on any atom is 0.306 e. The van der Waals surface area contributed by atoms with Gasteiger partial charge in [-0.25, -0.2) is 0 Å². The number of hydrogen-bond acceptors (Lipinski definition) is 6. The van der Waals surface area contributed by atoms with Gasteiger partial charge in [0, 0.05) is 11.5 Å². The fourth-order valence-corrected chi connectivity index (χ4v) is 4.23. The zero-order chi connectivity index (χ0) is 26.4. The van der Waals surface area contributed by atoms with Crippen molar-refractivity contribution in [1.29, 1.82) is 0 Å². The van der Waals surface area contributed by atoms with Crippen molar-refractivity contribution in [2.75, 3.05) is 24.7 Å². The van der Waals surface area contributed by atoms with E-state index in [4.69, 9.17) is 9.47 Å². The number of ether oxygens (including phenoxy) is 2. The van der Waals surface area contributed by atoms with E-state index in [0.717, 1.165) is 25.7 Å². The first kappa shape index (κ1) is 36.1. The molecule has 5 nitrogen and oxygen atoms in total. The number of carbonyl (C=O) groups excluding carboxylic acids is 3. The average molecular weight is 517 g/mol. The minimum absolute atomic E-state index is 0.118. The Labute approximate surface area is 221 Å². The summed E-state index contributed by atoms with van der Waals surface area (Å²) in [5, 5.41) is 0. The molecule has 0 aliphatic carbocycles. The molecule has 0 atom stereocenters. The SMILES string of the molecule is CC(C)=O.CCCCCCCCCCOC(=O)CCSCCC(=O)OCCCCCCCCCC. The molecule has 0 amide bonds. The predicted molar refractivity (Wildman–Crippen MR) is 150 cm³/mol. The van der Waals surface area contributed by atoms with Crippen LogP contribution in [-0.2, 0) is 23.9 Å². The van der Waals surface area contributed by atoms with Gasteiger partial charge in [0.15, 0.2) is 0 Å². The Balaban J connectivity index is 0. The monoisotopic (exact) mass is 516 g/mol. The van der Waals surface area contributed by atoms with E-state index in [9.17, 15) is 14.4 Å². The molecule has 0 bridgehead atoms. The Morgan fingerprint density at radius 3 is 1.11 bits per heavy atom. The molecule has 0 saturated carbocycles. The van der Waals surface area contributed by atoms with Crippen molar-refractivity contribution in [1.82, 2.24) is 0 Å². The summed E-state index contributed by atoms with van der Waals surface area (Å²) in [5.74, 6) is 1.35. The topological polar surface area (TPSA) is 69.7 Å². The zero-order valence-corrected chi connectivity index (χ0v) is 24.3. The second-order valence-electron chi connectivity index (χ2n) is 9.41. The molecule has 0 fully saturated rings. The van der Waals surface area contributed by atoms with Gasteiger partial charge in [-0.2, -0.15) is 11.8 Å². The number of carbonyl (C=O) groups is 3. The first-order chi connectivity index (χ1) is 16.9. The van der Waals surface area contributed by atoms with E-state index in [-0.39, 0.29) is 17.7 Å². The minimum Gasteiger partial charge on any atom is -0.466 e. The maximum atomic E-state index is 11.7. The highest BCUT2D eigenvalue weighted by Crippen LogP contribution is 2.11. The molecule has 0 heterocycles. The lowest BCUT2D eigenvalue weighted by molar-refractivity contribution is -0.144. The van der Waals surface area contributed by atoms with Crippen molar-refractivity contribution < 1.29 is 23.9 Å². The van der Waals surface area contributed by atoms with E-state index in [2.05, 4.69) is 13.8 Å². The predicted octanol–water partition coefficient (Wildman–Crippen LogP) is 8.46. The summed E-state index contributed by atoms with van der Waals surface area (Å²) in [6.45, 7) is 8.62. The third-order valence-corrected chi connectivity index (χ3v) is 6.41. The van der Waals surface area contributed by atoms with E-state index in [1.54, 1.807) is 11.8 Å². The molecule has 35 heavy (non-hydrogen) atoms. The number of ketones is 1. The minimum atomic E-state index is -0.118. The summed E-state index contributed by atoms with van der Waals surface area (Å²) in [6.07, 6.45) is 20.8. The van der Waals surface area contributed by atoms with Gasteiger partial charge in [-0.3, -0.25) is 9.59 Å². The molecule has 0 aliphatic heterocycles. The van der Waals surface area contributed by atoms with Crippen LogP contribution in [0.5, 0.6) is 0 Å². The van der Waals surface area contributed by atoms with Gasteiger partial charge in [0.1, 0.15) is 5.78 Å². The summed E-state index contributed by atoms with van der Waals surface area (Å²) in [7, 11) is 0. The van der Waals surface area contributed by atoms with Crippen LogP contribution >= 0.6 is 11.8 Å². The van der Waals surface area contributed by atoms with Crippen LogP contribution in [0.25, 0.3) is 0 Å². The van der Waals surface area contributed by atoms with E-state index in [1.807, 2.05) is 0 Å². The highest BCUT2D eigenvalue weighted by molar-refractivity contribution is 7.99. The largest absolute Gasteiger partial charge is 0.466 e. The van der Waals surface area contributed by atoms with E-state index in [0.29, 0.717) is 37.6 Å². The molecular weight excluding hydrogens is 460 g/mol. The lowest BCUT2D eigenvalue weighted by Crippen LogP contribution is -2.09. The lowest BCUT2D eigenvalue weighted by atomic mass is 10.1. The summed E-state index contributed by atoms with van der Waals surface area (Å²) in [5.41, 5.74) is 0. The smallest absolute Gasteiger partial charge is 0.306 e. The number of esters is 2. The fraction of sp³-hybridized carbons (Fsp3) is 0.897. The number of rotatable bonds is 24. The van der Waals surface area contributed by atoms with Crippen molar-refractivity contribution in [3.8, 4) is 0 Å². The Hall–Kier alpha value is -1.04. The van der Waals surface area contributed by atoms with Crippen molar-refractivity contribution in [3.05, 3.63) is 0 Å². The average Bonchev–Trinajstić information content (AvgIpc) is 2.81. The molecule has 6 heteroatoms. The Morgan fingerprint density at radius 1 is 0.514 bits per heavy atom. The van der Waals surface area contributed by atoms with Crippen molar-refractivity contribution in [2.45, 2.75) is 143 Å². The molecule has 0 aliphatic rings. The van der Waals surface area contributed by atoms with Crippen LogP contribution in [0.3, 0.4) is 0 Å². The van der Waals surface area contributed by atoms with E-state index >= 15 is 0 Å². The number of Topliss-reactive ketones (excluding diaryl/α,β-unsaturated/α-hetero) is 1. The van der Waals surface area contributed by atoms with Crippen LogP contribution in [0.1, 0.15) is 143 Å². The van der Waals surface area contributed by atoms with Crippen molar-refractivity contribution in [2.24, 2.45) is 0 Å². The van der Waals surface area contributed by atoms with Crippen LogP contribution in [-0.4, -0.2) is 42.4 Å². The molecule has 0 spiro atoms. The standard InChI is InChI=1S/C26H50O4S.C3H6O/c1-3-5-7-9-11-13-15-17-21-29-25(27)19-23-31-24-20-26(28)30-22-18-16-14-12-10-8-6-4-2;1-3(2)4/h3-24H2,1-2H3;1-2H3. The summed E-state index contributed by atoms with van der Waals surface area (Å²) in [6, 6.07) is 0. The molecule has 0 aromatic rings. The van der Waals surface area contributed by atoms with Crippen molar-refractivity contribution in [3.63, 3.8) is 0 Å². The van der Waals surface area contributed by atoms with Gasteiger partial charge in [-0.15, -0.1) is 0 Å². The molecule has 0 radical (unpaired) electrons. The van der Waals surface area contributed by atoms with Crippen molar-refractivity contribution >= 4 is 29.5 Å². The summed E-state index contributed by atoms with van der Waals surface area (Å²) >= 11 is 1.62. The van der Waals surface area contributed by atoms with Gasteiger partial charge >= 0.3 is 11.9 Å². The van der Waals surface area contributed by atoms with E-state index < -0.39 is 0 Å². The highest BCUT2D eigenvalue weighted by atomic mass is 32.2. The lowest BCUT2D eigenvalue weighted by Gasteiger charge is -2.06. The van der Waals surface area contributed by atoms with Gasteiger partial charge in [0.2, 0.25) is 0 Å². The van der Waals surface area contributed by atoms with Gasteiger partial charge in [0.25, 0.3) is 0 Å². The van der Waals surface area contributed by atoms with Crippen LogP contribution in [0, 0.1) is 0 Å². The Morgan fingerprint density at radius 2 is 0.800 bits per heavy atom. The maximum absolute atomic E-state index is 11.7. The molecule has 0 saturated heterocycles. The number of thioether (sulfide) groups is 1. The fourth-order valence-electron chi connectivity index (χ4n) is 3.40. The van der Waals surface area contributed by atoms with Gasteiger partial charge in [-0.05, 0) is 26.7 Å². The first-order valence-electron chi connectivity index (χ1n) is 14.3. The van der Waals surface area contributed by atoms with Gasteiger partial charge in [0.05, 0.1) is 26.1 Å².